The molecule has 0 unspecified atom stereocenters. The fourth-order valence-electron chi connectivity index (χ4n) is 0.543. The molecule has 0 saturated heterocycles. The summed E-state index contributed by atoms with van der Waals surface area (Å²) < 4.78 is 0.850. The van der Waals surface area contributed by atoms with Crippen LogP contribution < -0.4 is 11.2 Å². The number of hydrogen-bond acceptors (Lipinski definition) is 1. The first kappa shape index (κ1) is 6.68. The maximum Gasteiger partial charge on any atom is 0.113 e. The second-order valence-electron chi connectivity index (χ2n) is 1.78. The van der Waals surface area contributed by atoms with Crippen LogP contribution in [0.15, 0.2) is 22.7 Å². The van der Waals surface area contributed by atoms with E-state index < -0.39 is 0 Å². The van der Waals surface area contributed by atoms with Crippen LogP contribution in [0.4, 0.5) is 5.69 Å². The Morgan fingerprint density at radius 3 is 2.56 bits per heavy atom. The largest absolute Gasteiger partial charge is 0.398 e. The third-order valence-corrected chi connectivity index (χ3v) is 1.71. The van der Waals surface area contributed by atoms with Crippen LogP contribution in [0.2, 0.25) is 0 Å². The summed E-state index contributed by atoms with van der Waals surface area (Å²) in [6, 6.07) is 5.30. The summed E-state index contributed by atoms with van der Waals surface area (Å²) in [6.45, 7) is 0. The lowest BCUT2D eigenvalue weighted by Crippen LogP contribution is -2.01. The molecule has 1 rings (SSSR count). The smallest absolute Gasteiger partial charge is 0.113 e. The third-order valence-electron chi connectivity index (χ3n) is 1.02. The Labute approximate surface area is 63.8 Å². The van der Waals surface area contributed by atoms with Crippen LogP contribution in [0, 0.1) is 0 Å². The molecule has 2 N–H and O–H groups in total. The first-order valence-electron chi connectivity index (χ1n) is 2.50. The van der Waals surface area contributed by atoms with Crippen LogP contribution in [-0.4, -0.2) is 7.85 Å². The van der Waals surface area contributed by atoms with Crippen molar-refractivity contribution in [3.8, 4) is 0 Å². The molecular formula is C6H5BBrN. The van der Waals surface area contributed by atoms with Crippen LogP contribution in [0.5, 0.6) is 0 Å². The molecule has 44 valence electrons. The van der Waals surface area contributed by atoms with Gasteiger partial charge in [0.1, 0.15) is 7.85 Å². The van der Waals surface area contributed by atoms with Gasteiger partial charge in [-0.2, -0.15) is 0 Å². The highest BCUT2D eigenvalue weighted by Crippen LogP contribution is 2.15. The summed E-state index contributed by atoms with van der Waals surface area (Å²) in [7, 11) is 5.44. The molecule has 0 aliphatic heterocycles. The molecule has 9 heavy (non-hydrogen) atoms. The topological polar surface area (TPSA) is 26.0 Å². The lowest BCUT2D eigenvalue weighted by atomic mass is 9.96. The van der Waals surface area contributed by atoms with Gasteiger partial charge in [-0.3, -0.25) is 0 Å². The maximum atomic E-state index is 5.49. The van der Waals surface area contributed by atoms with Crippen molar-refractivity contribution in [3.05, 3.63) is 22.7 Å². The molecule has 0 fully saturated rings. The fraction of sp³-hybridized carbons (Fsp3) is 0. The van der Waals surface area contributed by atoms with Crippen LogP contribution in [0.1, 0.15) is 0 Å². The van der Waals surface area contributed by atoms with Gasteiger partial charge in [0.2, 0.25) is 0 Å². The minimum atomic E-state index is 0.712. The Morgan fingerprint density at radius 2 is 2.11 bits per heavy atom. The molecule has 0 aliphatic rings. The van der Waals surface area contributed by atoms with Crippen molar-refractivity contribution >= 4 is 34.9 Å². The second kappa shape index (κ2) is 2.44. The van der Waals surface area contributed by atoms with E-state index in [1.807, 2.05) is 0 Å². The molecule has 1 nitrogen and oxygen atoms in total. The van der Waals surface area contributed by atoms with Crippen LogP contribution in [-0.2, 0) is 0 Å². The minimum Gasteiger partial charge on any atom is -0.398 e. The standard InChI is InChI=1S/C6H5BBrN/c7-4-1-2-6(9)5(8)3-4/h1-3H,9H2. The van der Waals surface area contributed by atoms with Gasteiger partial charge >= 0.3 is 0 Å². The lowest BCUT2D eigenvalue weighted by molar-refractivity contribution is 1.67. The number of nitrogen functional groups attached to an aromatic ring is 1. The summed E-state index contributed by atoms with van der Waals surface area (Å²) in [5.41, 5.74) is 6.92. The van der Waals surface area contributed by atoms with Gasteiger partial charge in [-0.1, -0.05) is 17.6 Å². The van der Waals surface area contributed by atoms with Crippen molar-refractivity contribution in [1.29, 1.82) is 0 Å². The average molecular weight is 182 g/mol. The van der Waals surface area contributed by atoms with Crippen molar-refractivity contribution in [2.45, 2.75) is 0 Å². The van der Waals surface area contributed by atoms with Gasteiger partial charge in [-0.15, -0.1) is 0 Å². The summed E-state index contributed by atoms with van der Waals surface area (Å²) in [5.74, 6) is 0. The van der Waals surface area contributed by atoms with E-state index in [1.54, 1.807) is 18.2 Å². The molecule has 0 bridgehead atoms. The molecule has 1 aromatic carbocycles. The number of rotatable bonds is 0. The Kier molecular flexibility index (Phi) is 1.81. The third kappa shape index (κ3) is 1.48. The lowest BCUT2D eigenvalue weighted by Gasteiger charge is -1.97. The summed E-state index contributed by atoms with van der Waals surface area (Å²) in [5, 5.41) is 0. The molecule has 1 aromatic rings. The van der Waals surface area contributed by atoms with Gasteiger partial charge in [0.25, 0.3) is 0 Å². The predicted octanol–water partition coefficient (Wildman–Crippen LogP) is 0.825. The molecule has 0 spiro atoms. The Morgan fingerprint density at radius 1 is 1.44 bits per heavy atom. The highest BCUT2D eigenvalue weighted by Gasteiger charge is 1.91. The van der Waals surface area contributed by atoms with Gasteiger partial charge < -0.3 is 5.73 Å². The maximum absolute atomic E-state index is 5.49. The van der Waals surface area contributed by atoms with Gasteiger partial charge in [-0.05, 0) is 22.0 Å². The molecule has 0 atom stereocenters. The summed E-state index contributed by atoms with van der Waals surface area (Å²) in [6.07, 6.45) is 0. The van der Waals surface area contributed by atoms with Crippen LogP contribution >= 0.6 is 15.9 Å². The zero-order valence-electron chi connectivity index (χ0n) is 4.76. The molecule has 0 amide bonds. The molecule has 0 aromatic heterocycles. The molecule has 0 saturated carbocycles. The highest BCUT2D eigenvalue weighted by atomic mass is 79.9. The molecular weight excluding hydrogens is 177 g/mol. The average Bonchev–Trinajstić information content (AvgIpc) is 1.80. The molecule has 0 heterocycles. The van der Waals surface area contributed by atoms with Gasteiger partial charge in [0.05, 0.1) is 0 Å². The van der Waals surface area contributed by atoms with Gasteiger partial charge in [0, 0.05) is 10.2 Å². The quantitative estimate of drug-likeness (QED) is 0.466. The molecule has 0 aliphatic carbocycles. The number of benzene rings is 1. The van der Waals surface area contributed by atoms with Gasteiger partial charge in [0.15, 0.2) is 0 Å². The number of halogens is 1. The first-order valence-corrected chi connectivity index (χ1v) is 3.30. The molecule has 2 radical (unpaired) electrons. The SMILES string of the molecule is [B]c1ccc(N)c(Br)c1. The van der Waals surface area contributed by atoms with Crippen molar-refractivity contribution in [3.63, 3.8) is 0 Å². The van der Waals surface area contributed by atoms with E-state index in [4.69, 9.17) is 13.6 Å². The second-order valence-corrected chi connectivity index (χ2v) is 2.64. The van der Waals surface area contributed by atoms with E-state index in [1.165, 1.54) is 0 Å². The van der Waals surface area contributed by atoms with E-state index in [2.05, 4.69) is 15.9 Å². The number of hydrogen-bond donors (Lipinski definition) is 1. The van der Waals surface area contributed by atoms with E-state index in [-0.39, 0.29) is 0 Å². The zero-order chi connectivity index (χ0) is 6.85. The summed E-state index contributed by atoms with van der Waals surface area (Å²) >= 11 is 3.24. The van der Waals surface area contributed by atoms with E-state index in [0.717, 1.165) is 9.94 Å². The van der Waals surface area contributed by atoms with E-state index in [0.29, 0.717) is 5.69 Å². The number of anilines is 1. The van der Waals surface area contributed by atoms with Gasteiger partial charge in [-0.25, -0.2) is 0 Å². The molecule has 3 heteroatoms. The predicted molar refractivity (Wildman–Crippen MR) is 43.9 cm³/mol. The zero-order valence-corrected chi connectivity index (χ0v) is 6.35. The minimum absolute atomic E-state index is 0.712. The summed E-state index contributed by atoms with van der Waals surface area (Å²) in [4.78, 5) is 0. The fourth-order valence-corrected chi connectivity index (χ4v) is 0.940. The Balaban J connectivity index is 3.17. The highest BCUT2D eigenvalue weighted by molar-refractivity contribution is 9.10. The van der Waals surface area contributed by atoms with Crippen molar-refractivity contribution in [1.82, 2.24) is 0 Å². The van der Waals surface area contributed by atoms with E-state index >= 15 is 0 Å². The van der Waals surface area contributed by atoms with Crippen LogP contribution in [0.3, 0.4) is 0 Å². The first-order chi connectivity index (χ1) is 4.20. The Hall–Kier alpha value is -0.435. The van der Waals surface area contributed by atoms with Crippen molar-refractivity contribution in [2.75, 3.05) is 5.73 Å². The normalized spacial score (nSPS) is 9.44. The van der Waals surface area contributed by atoms with E-state index in [9.17, 15) is 0 Å². The number of nitrogens with two attached hydrogens (primary N) is 1. The van der Waals surface area contributed by atoms with Crippen molar-refractivity contribution < 1.29 is 0 Å². The van der Waals surface area contributed by atoms with Crippen molar-refractivity contribution in [2.24, 2.45) is 0 Å². The van der Waals surface area contributed by atoms with Crippen LogP contribution in [0.25, 0.3) is 0 Å². The monoisotopic (exact) mass is 181 g/mol. The Bertz CT molecular complexity index is 224.